The summed E-state index contributed by atoms with van der Waals surface area (Å²) >= 11 is 0. The molecule has 0 fully saturated rings. The number of nitrogens with one attached hydrogen (secondary N) is 2. The molecule has 2 N–H and O–H groups in total. The van der Waals surface area contributed by atoms with Crippen LogP contribution in [-0.2, 0) is 7.05 Å². The maximum Gasteiger partial charge on any atom is 0.276 e. The Bertz CT molecular complexity index is 1200. The lowest BCUT2D eigenvalue weighted by molar-refractivity contribution is 0.102. The van der Waals surface area contributed by atoms with Crippen molar-refractivity contribution in [2.45, 2.75) is 0 Å². The van der Waals surface area contributed by atoms with Gasteiger partial charge in [-0.25, -0.2) is 9.67 Å². The molecule has 2 heterocycles. The Kier molecular flexibility index (Phi) is 4.51. The van der Waals surface area contributed by atoms with E-state index >= 15 is 0 Å². The molecule has 2 aromatic carbocycles. The van der Waals surface area contributed by atoms with Crippen molar-refractivity contribution in [2.24, 2.45) is 7.05 Å². The number of carbonyl (C=O) groups excluding carboxylic acids is 1. The molecule has 0 aliphatic carbocycles. The first kappa shape index (κ1) is 17.3. The van der Waals surface area contributed by atoms with Gasteiger partial charge in [-0.05, 0) is 18.2 Å². The molecule has 8 heteroatoms. The standard InChI is InChI=1S/C20H16N6O2/c1-26-17(27)12-11-16(25-26)20(28)21-15-10-6-5-9-14(15)19-22-18(23-24-19)13-7-3-2-4-8-13/h2-12H,1H3,(H,21,28)(H,22,23,24). The van der Waals surface area contributed by atoms with E-state index in [1.807, 2.05) is 48.5 Å². The third kappa shape index (κ3) is 3.43. The van der Waals surface area contributed by atoms with Crippen molar-refractivity contribution in [3.05, 3.63) is 82.8 Å². The number of amides is 1. The number of anilines is 1. The molecule has 1 amide bonds. The number of aromatic amines is 1. The van der Waals surface area contributed by atoms with E-state index in [0.717, 1.165) is 10.2 Å². The fourth-order valence-electron chi connectivity index (χ4n) is 2.71. The van der Waals surface area contributed by atoms with E-state index in [0.29, 0.717) is 22.9 Å². The highest BCUT2D eigenvalue weighted by Gasteiger charge is 2.15. The predicted octanol–water partition coefficient (Wildman–Crippen LogP) is 2.48. The summed E-state index contributed by atoms with van der Waals surface area (Å²) < 4.78 is 1.11. The van der Waals surface area contributed by atoms with Gasteiger partial charge >= 0.3 is 0 Å². The molecule has 0 aliphatic rings. The number of H-pyrrole nitrogens is 1. The number of rotatable bonds is 4. The first-order chi connectivity index (χ1) is 13.6. The van der Waals surface area contributed by atoms with Crippen molar-refractivity contribution in [2.75, 3.05) is 5.32 Å². The van der Waals surface area contributed by atoms with Crippen LogP contribution in [0.3, 0.4) is 0 Å². The van der Waals surface area contributed by atoms with E-state index in [1.165, 1.54) is 19.2 Å². The Morgan fingerprint density at radius 3 is 2.54 bits per heavy atom. The second-order valence-electron chi connectivity index (χ2n) is 6.05. The first-order valence-electron chi connectivity index (χ1n) is 8.55. The average Bonchev–Trinajstić information content (AvgIpc) is 3.21. The van der Waals surface area contributed by atoms with Gasteiger partial charge in [0.1, 0.15) is 5.69 Å². The maximum atomic E-state index is 12.6. The zero-order chi connectivity index (χ0) is 19.5. The average molecular weight is 372 g/mol. The summed E-state index contributed by atoms with van der Waals surface area (Å²) in [6.45, 7) is 0. The van der Waals surface area contributed by atoms with Crippen molar-refractivity contribution in [3.63, 3.8) is 0 Å². The van der Waals surface area contributed by atoms with Gasteiger partial charge in [-0.15, -0.1) is 0 Å². The molecule has 0 atom stereocenters. The fourth-order valence-corrected chi connectivity index (χ4v) is 2.71. The third-order valence-electron chi connectivity index (χ3n) is 4.14. The normalized spacial score (nSPS) is 10.6. The van der Waals surface area contributed by atoms with Crippen LogP contribution in [0.1, 0.15) is 10.5 Å². The lowest BCUT2D eigenvalue weighted by Crippen LogP contribution is -2.23. The van der Waals surface area contributed by atoms with E-state index in [2.05, 4.69) is 25.6 Å². The summed E-state index contributed by atoms with van der Waals surface area (Å²) in [5.74, 6) is 0.672. The topological polar surface area (TPSA) is 106 Å². The van der Waals surface area contributed by atoms with Gasteiger partial charge in [0.15, 0.2) is 11.6 Å². The third-order valence-corrected chi connectivity index (χ3v) is 4.14. The van der Waals surface area contributed by atoms with Crippen molar-refractivity contribution in [3.8, 4) is 22.8 Å². The molecular formula is C20H16N6O2. The summed E-state index contributed by atoms with van der Waals surface area (Å²) in [6.07, 6.45) is 0. The van der Waals surface area contributed by atoms with Crippen LogP contribution in [0.2, 0.25) is 0 Å². The van der Waals surface area contributed by atoms with Gasteiger partial charge in [-0.2, -0.15) is 10.2 Å². The lowest BCUT2D eigenvalue weighted by atomic mass is 10.1. The highest BCUT2D eigenvalue weighted by molar-refractivity contribution is 6.04. The van der Waals surface area contributed by atoms with Crippen molar-refractivity contribution in [1.29, 1.82) is 0 Å². The highest BCUT2D eigenvalue weighted by atomic mass is 16.2. The van der Waals surface area contributed by atoms with Gasteiger partial charge in [-0.3, -0.25) is 14.7 Å². The quantitative estimate of drug-likeness (QED) is 0.572. The summed E-state index contributed by atoms with van der Waals surface area (Å²) in [6, 6.07) is 19.5. The van der Waals surface area contributed by atoms with E-state index in [-0.39, 0.29) is 11.3 Å². The number of benzene rings is 2. The number of carbonyl (C=O) groups is 1. The lowest BCUT2D eigenvalue weighted by Gasteiger charge is -2.09. The van der Waals surface area contributed by atoms with Crippen molar-refractivity contribution < 1.29 is 4.79 Å². The number of nitrogens with zero attached hydrogens (tertiary/aromatic N) is 4. The van der Waals surface area contributed by atoms with Crippen LogP contribution in [0, 0.1) is 0 Å². The molecule has 0 radical (unpaired) electrons. The van der Waals surface area contributed by atoms with Crippen LogP contribution in [0.5, 0.6) is 0 Å². The zero-order valence-electron chi connectivity index (χ0n) is 15.0. The fraction of sp³-hybridized carbons (Fsp3) is 0.0500. The Labute approximate surface area is 159 Å². The summed E-state index contributed by atoms with van der Waals surface area (Å²) in [4.78, 5) is 28.6. The van der Waals surface area contributed by atoms with Gasteiger partial charge in [0.2, 0.25) is 0 Å². The number of aryl methyl sites for hydroxylation is 1. The Morgan fingerprint density at radius 1 is 1.00 bits per heavy atom. The minimum Gasteiger partial charge on any atom is -0.320 e. The van der Waals surface area contributed by atoms with Crippen LogP contribution in [0.4, 0.5) is 5.69 Å². The monoisotopic (exact) mass is 372 g/mol. The molecule has 4 aromatic rings. The Hall–Kier alpha value is -4.07. The second kappa shape index (κ2) is 7.28. The zero-order valence-corrected chi connectivity index (χ0v) is 15.0. The summed E-state index contributed by atoms with van der Waals surface area (Å²) in [7, 11) is 1.49. The van der Waals surface area contributed by atoms with E-state index in [9.17, 15) is 9.59 Å². The molecule has 8 nitrogen and oxygen atoms in total. The van der Waals surface area contributed by atoms with Crippen molar-refractivity contribution in [1.82, 2.24) is 25.0 Å². The van der Waals surface area contributed by atoms with Gasteiger partial charge in [0.25, 0.3) is 11.5 Å². The van der Waals surface area contributed by atoms with E-state index in [4.69, 9.17) is 0 Å². The minimum absolute atomic E-state index is 0.138. The molecule has 0 bridgehead atoms. The number of aromatic nitrogens is 5. The SMILES string of the molecule is Cn1nc(C(=O)Nc2ccccc2-c2nc(-c3ccccc3)n[nH]2)ccc1=O. The van der Waals surface area contributed by atoms with Crippen LogP contribution < -0.4 is 10.9 Å². The molecule has 0 saturated heterocycles. The summed E-state index contributed by atoms with van der Waals surface area (Å²) in [5.41, 5.74) is 1.99. The van der Waals surface area contributed by atoms with Gasteiger partial charge in [-0.1, -0.05) is 42.5 Å². The smallest absolute Gasteiger partial charge is 0.276 e. The van der Waals surface area contributed by atoms with Gasteiger partial charge < -0.3 is 5.32 Å². The largest absolute Gasteiger partial charge is 0.320 e. The van der Waals surface area contributed by atoms with E-state index < -0.39 is 5.91 Å². The molecular weight excluding hydrogens is 356 g/mol. The minimum atomic E-state index is -0.425. The van der Waals surface area contributed by atoms with Crippen LogP contribution >= 0.6 is 0 Å². The second-order valence-corrected chi connectivity index (χ2v) is 6.05. The molecule has 0 saturated carbocycles. The van der Waals surface area contributed by atoms with Gasteiger partial charge in [0.05, 0.1) is 5.69 Å². The highest BCUT2D eigenvalue weighted by Crippen LogP contribution is 2.27. The molecule has 0 unspecified atom stereocenters. The summed E-state index contributed by atoms with van der Waals surface area (Å²) in [5, 5.41) is 14.0. The first-order valence-corrected chi connectivity index (χ1v) is 8.55. The molecule has 2 aromatic heterocycles. The molecule has 138 valence electrons. The molecule has 4 rings (SSSR count). The molecule has 28 heavy (non-hydrogen) atoms. The number of hydrogen-bond acceptors (Lipinski definition) is 5. The molecule has 0 spiro atoms. The van der Waals surface area contributed by atoms with Crippen LogP contribution in [0.15, 0.2) is 71.5 Å². The van der Waals surface area contributed by atoms with Crippen molar-refractivity contribution >= 4 is 11.6 Å². The Morgan fingerprint density at radius 2 is 1.75 bits per heavy atom. The predicted molar refractivity (Wildman–Crippen MR) is 105 cm³/mol. The van der Waals surface area contributed by atoms with Crippen LogP contribution in [-0.4, -0.2) is 30.9 Å². The van der Waals surface area contributed by atoms with Gasteiger partial charge in [0, 0.05) is 24.2 Å². The van der Waals surface area contributed by atoms with E-state index in [1.54, 1.807) is 6.07 Å². The van der Waals surface area contributed by atoms with Crippen LogP contribution in [0.25, 0.3) is 22.8 Å². The Balaban J connectivity index is 1.64. The maximum absolute atomic E-state index is 12.6. The number of hydrogen-bond donors (Lipinski definition) is 2. The number of para-hydroxylation sites is 1. The molecule has 0 aliphatic heterocycles.